The molecule has 0 saturated carbocycles. The lowest BCUT2D eigenvalue weighted by Gasteiger charge is -2.04. The summed E-state index contributed by atoms with van der Waals surface area (Å²) in [5, 5.41) is 8.43. The third-order valence-corrected chi connectivity index (χ3v) is 1.46. The summed E-state index contributed by atoms with van der Waals surface area (Å²) in [7, 11) is 0. The van der Waals surface area contributed by atoms with Crippen LogP contribution in [-0.4, -0.2) is 18.3 Å². The first-order valence-electron chi connectivity index (χ1n) is 3.93. The minimum atomic E-state index is -0.929. The fourth-order valence-corrected chi connectivity index (χ4v) is 0.821. The quantitative estimate of drug-likeness (QED) is 0.729. The van der Waals surface area contributed by atoms with Crippen molar-refractivity contribution in [1.29, 1.82) is 0 Å². The van der Waals surface area contributed by atoms with Crippen molar-refractivity contribution in [3.63, 3.8) is 0 Å². The Kier molecular flexibility index (Phi) is 3.64. The molecule has 0 aliphatic heterocycles. The van der Waals surface area contributed by atoms with Crippen LogP contribution in [0.15, 0.2) is 18.2 Å². The maximum Gasteiger partial charge on any atom is 0.162 e. The molecule has 0 aliphatic carbocycles. The smallest absolute Gasteiger partial charge is 0.162 e. The fraction of sp³-hybridized carbons (Fsp3) is 0.333. The van der Waals surface area contributed by atoms with Crippen molar-refractivity contribution in [1.82, 2.24) is 0 Å². The van der Waals surface area contributed by atoms with Gasteiger partial charge in [-0.25, -0.2) is 8.78 Å². The first kappa shape index (κ1) is 9.92. The summed E-state index contributed by atoms with van der Waals surface area (Å²) in [4.78, 5) is 0. The van der Waals surface area contributed by atoms with E-state index in [1.165, 1.54) is 6.07 Å². The number of ether oxygens (including phenoxy) is 1. The van der Waals surface area contributed by atoms with Crippen molar-refractivity contribution < 1.29 is 18.6 Å². The van der Waals surface area contributed by atoms with Gasteiger partial charge < -0.3 is 9.84 Å². The van der Waals surface area contributed by atoms with Crippen molar-refractivity contribution >= 4 is 0 Å². The molecule has 4 heteroatoms. The maximum atomic E-state index is 12.6. The summed E-state index contributed by atoms with van der Waals surface area (Å²) < 4.78 is 30.0. The van der Waals surface area contributed by atoms with Crippen LogP contribution in [0.25, 0.3) is 0 Å². The van der Waals surface area contributed by atoms with Crippen LogP contribution in [-0.2, 0) is 0 Å². The third-order valence-electron chi connectivity index (χ3n) is 1.46. The lowest BCUT2D eigenvalue weighted by atomic mass is 10.3. The van der Waals surface area contributed by atoms with Gasteiger partial charge in [0.15, 0.2) is 11.6 Å². The van der Waals surface area contributed by atoms with Crippen molar-refractivity contribution in [2.45, 2.75) is 6.42 Å². The first-order chi connectivity index (χ1) is 6.24. The van der Waals surface area contributed by atoms with Crippen LogP contribution >= 0.6 is 0 Å². The van der Waals surface area contributed by atoms with Crippen molar-refractivity contribution in [2.75, 3.05) is 13.2 Å². The van der Waals surface area contributed by atoms with Gasteiger partial charge in [0.2, 0.25) is 0 Å². The largest absolute Gasteiger partial charge is 0.493 e. The second-order valence-corrected chi connectivity index (χ2v) is 2.50. The van der Waals surface area contributed by atoms with Crippen LogP contribution in [0.2, 0.25) is 0 Å². The standard InChI is InChI=1S/C9H10F2O2/c10-8-3-2-7(6-9(8)11)13-5-1-4-12/h2-3,6,12H,1,4-5H2. The van der Waals surface area contributed by atoms with Gasteiger partial charge in [0.25, 0.3) is 0 Å². The van der Waals surface area contributed by atoms with E-state index in [1.807, 2.05) is 0 Å². The van der Waals surface area contributed by atoms with E-state index in [9.17, 15) is 8.78 Å². The van der Waals surface area contributed by atoms with E-state index < -0.39 is 11.6 Å². The molecule has 0 atom stereocenters. The van der Waals surface area contributed by atoms with Crippen LogP contribution < -0.4 is 4.74 Å². The summed E-state index contributed by atoms with van der Waals surface area (Å²) in [6.45, 7) is 0.311. The highest BCUT2D eigenvalue weighted by Crippen LogP contribution is 2.15. The summed E-state index contributed by atoms with van der Waals surface area (Å²) in [5.41, 5.74) is 0. The molecule has 0 bridgehead atoms. The van der Waals surface area contributed by atoms with Crippen LogP contribution in [0.5, 0.6) is 5.75 Å². The second kappa shape index (κ2) is 4.77. The average molecular weight is 188 g/mol. The van der Waals surface area contributed by atoms with E-state index in [1.54, 1.807) is 0 Å². The molecule has 0 aliphatic rings. The second-order valence-electron chi connectivity index (χ2n) is 2.50. The van der Waals surface area contributed by atoms with Crippen LogP contribution in [0.1, 0.15) is 6.42 Å². The zero-order valence-electron chi connectivity index (χ0n) is 6.96. The number of halogens is 2. The minimum Gasteiger partial charge on any atom is -0.493 e. The number of hydrogen-bond donors (Lipinski definition) is 1. The summed E-state index contributed by atoms with van der Waals surface area (Å²) in [6.07, 6.45) is 0.471. The molecular weight excluding hydrogens is 178 g/mol. The Morgan fingerprint density at radius 3 is 2.62 bits per heavy atom. The van der Waals surface area contributed by atoms with Crippen molar-refractivity contribution in [3.05, 3.63) is 29.8 Å². The Morgan fingerprint density at radius 1 is 1.23 bits per heavy atom. The highest BCUT2D eigenvalue weighted by Gasteiger charge is 2.02. The molecule has 1 rings (SSSR count). The molecule has 1 aromatic carbocycles. The summed E-state index contributed by atoms with van der Waals surface area (Å²) in [6, 6.07) is 3.33. The predicted octanol–water partition coefficient (Wildman–Crippen LogP) is 1.73. The van der Waals surface area contributed by atoms with E-state index in [4.69, 9.17) is 9.84 Å². The summed E-state index contributed by atoms with van der Waals surface area (Å²) in [5.74, 6) is -1.55. The van der Waals surface area contributed by atoms with Crippen LogP contribution in [0, 0.1) is 11.6 Å². The van der Waals surface area contributed by atoms with Crippen LogP contribution in [0.3, 0.4) is 0 Å². The number of rotatable bonds is 4. The molecule has 0 aromatic heterocycles. The zero-order chi connectivity index (χ0) is 9.68. The lowest BCUT2D eigenvalue weighted by Crippen LogP contribution is -2.00. The van der Waals surface area contributed by atoms with Gasteiger partial charge in [0.1, 0.15) is 5.75 Å². The number of aliphatic hydroxyl groups is 1. The predicted molar refractivity (Wildman–Crippen MR) is 43.6 cm³/mol. The molecule has 0 unspecified atom stereocenters. The average Bonchev–Trinajstić information content (AvgIpc) is 2.12. The minimum absolute atomic E-state index is 0.0175. The molecular formula is C9H10F2O2. The molecule has 0 fully saturated rings. The van der Waals surface area contributed by atoms with Gasteiger partial charge in [-0.1, -0.05) is 0 Å². The van der Waals surface area contributed by atoms with E-state index in [0.29, 0.717) is 13.0 Å². The molecule has 1 N–H and O–H groups in total. The van der Waals surface area contributed by atoms with E-state index >= 15 is 0 Å². The Balaban J connectivity index is 2.53. The Labute approximate surface area is 74.8 Å². The molecule has 0 heterocycles. The number of benzene rings is 1. The molecule has 72 valence electrons. The van der Waals surface area contributed by atoms with Gasteiger partial charge in [-0.05, 0) is 12.1 Å². The van der Waals surface area contributed by atoms with Gasteiger partial charge >= 0.3 is 0 Å². The number of hydrogen-bond acceptors (Lipinski definition) is 2. The molecule has 1 aromatic rings. The summed E-state index contributed by atoms with van der Waals surface area (Å²) >= 11 is 0. The molecule has 0 saturated heterocycles. The van der Waals surface area contributed by atoms with Gasteiger partial charge in [0, 0.05) is 19.1 Å². The van der Waals surface area contributed by atoms with Crippen LogP contribution in [0.4, 0.5) is 8.78 Å². The zero-order valence-corrected chi connectivity index (χ0v) is 6.96. The lowest BCUT2D eigenvalue weighted by molar-refractivity contribution is 0.233. The molecule has 0 spiro atoms. The van der Waals surface area contributed by atoms with Crippen molar-refractivity contribution in [2.24, 2.45) is 0 Å². The Bertz CT molecular complexity index is 276. The Morgan fingerprint density at radius 2 is 2.00 bits per heavy atom. The van der Waals surface area contributed by atoms with E-state index in [2.05, 4.69) is 0 Å². The van der Waals surface area contributed by atoms with E-state index in [-0.39, 0.29) is 12.4 Å². The molecule has 0 amide bonds. The van der Waals surface area contributed by atoms with Gasteiger partial charge in [0.05, 0.1) is 6.61 Å². The maximum absolute atomic E-state index is 12.6. The van der Waals surface area contributed by atoms with Gasteiger partial charge in [-0.15, -0.1) is 0 Å². The molecule has 2 nitrogen and oxygen atoms in total. The van der Waals surface area contributed by atoms with E-state index in [0.717, 1.165) is 12.1 Å². The highest BCUT2D eigenvalue weighted by molar-refractivity contribution is 5.23. The van der Waals surface area contributed by atoms with Gasteiger partial charge in [-0.2, -0.15) is 0 Å². The highest BCUT2D eigenvalue weighted by atomic mass is 19.2. The van der Waals surface area contributed by atoms with Gasteiger partial charge in [-0.3, -0.25) is 0 Å². The fourth-order valence-electron chi connectivity index (χ4n) is 0.821. The Hall–Kier alpha value is -1.16. The SMILES string of the molecule is OCCCOc1ccc(F)c(F)c1. The third kappa shape index (κ3) is 2.99. The first-order valence-corrected chi connectivity index (χ1v) is 3.93. The molecule has 13 heavy (non-hydrogen) atoms. The normalized spacial score (nSPS) is 10.1. The monoisotopic (exact) mass is 188 g/mol. The van der Waals surface area contributed by atoms with Crippen molar-refractivity contribution in [3.8, 4) is 5.75 Å². The topological polar surface area (TPSA) is 29.5 Å². The number of aliphatic hydroxyl groups excluding tert-OH is 1. The molecule has 0 radical (unpaired) electrons.